The van der Waals surface area contributed by atoms with E-state index in [1.165, 1.54) is 12.1 Å². The van der Waals surface area contributed by atoms with Crippen LogP contribution in [0.3, 0.4) is 0 Å². The number of amides is 1. The van der Waals surface area contributed by atoms with E-state index in [4.69, 9.17) is 22.1 Å². The number of halogens is 1. The molecule has 0 unspecified atom stereocenters. The largest absolute Gasteiger partial charge is 0.497 e. The highest BCUT2D eigenvalue weighted by atomic mass is 35.5. The molecule has 0 atom stereocenters. The quantitative estimate of drug-likeness (QED) is 0.828. The monoisotopic (exact) mass is 354 g/mol. The first kappa shape index (κ1) is 17.3. The molecule has 23 heavy (non-hydrogen) atoms. The highest BCUT2D eigenvalue weighted by molar-refractivity contribution is 7.89. The average Bonchev–Trinajstić information content (AvgIpc) is 2.53. The molecule has 2 aromatic carbocycles. The molecule has 0 aromatic heterocycles. The predicted molar refractivity (Wildman–Crippen MR) is 87.0 cm³/mol. The van der Waals surface area contributed by atoms with Crippen LogP contribution in [0, 0.1) is 0 Å². The first-order chi connectivity index (χ1) is 10.8. The Hall–Kier alpha value is -2.09. The molecule has 1 amide bonds. The first-order valence-electron chi connectivity index (χ1n) is 6.55. The van der Waals surface area contributed by atoms with Crippen LogP contribution >= 0.6 is 11.6 Å². The third-order valence-corrected chi connectivity index (χ3v) is 4.87. The van der Waals surface area contributed by atoms with Gasteiger partial charge in [-0.05, 0) is 35.9 Å². The van der Waals surface area contributed by atoms with Gasteiger partial charge in [0, 0.05) is 6.54 Å². The molecule has 8 heteroatoms. The van der Waals surface area contributed by atoms with E-state index >= 15 is 0 Å². The maximum absolute atomic E-state index is 12.3. The lowest BCUT2D eigenvalue weighted by Crippen LogP contribution is -2.24. The van der Waals surface area contributed by atoms with Gasteiger partial charge in [0.1, 0.15) is 5.75 Å². The zero-order valence-electron chi connectivity index (χ0n) is 12.2. The Balaban J connectivity index is 2.18. The Bertz CT molecular complexity index is 820. The van der Waals surface area contributed by atoms with Crippen LogP contribution in [0.4, 0.5) is 0 Å². The van der Waals surface area contributed by atoms with Crippen LogP contribution in [-0.2, 0) is 16.6 Å². The first-order valence-corrected chi connectivity index (χ1v) is 8.41. The van der Waals surface area contributed by atoms with Gasteiger partial charge >= 0.3 is 0 Å². The molecule has 0 bridgehead atoms. The Morgan fingerprint density at radius 3 is 2.43 bits per heavy atom. The third-order valence-electron chi connectivity index (χ3n) is 3.14. The second-order valence-electron chi connectivity index (χ2n) is 4.68. The molecule has 2 aromatic rings. The van der Waals surface area contributed by atoms with Gasteiger partial charge in [0.2, 0.25) is 15.9 Å². The molecule has 0 saturated carbocycles. The number of nitrogens with one attached hydrogen (secondary N) is 1. The lowest BCUT2D eigenvalue weighted by molar-refractivity contribution is 0.1000. The zero-order valence-corrected chi connectivity index (χ0v) is 13.8. The fourth-order valence-corrected chi connectivity index (χ4v) is 3.12. The number of methoxy groups -OCH3 is 1. The molecule has 0 fully saturated rings. The van der Waals surface area contributed by atoms with Crippen LogP contribution in [0.25, 0.3) is 0 Å². The Labute approximate surface area is 139 Å². The lowest BCUT2D eigenvalue weighted by atomic mass is 10.2. The minimum absolute atomic E-state index is 0.0426. The summed E-state index contributed by atoms with van der Waals surface area (Å²) in [6, 6.07) is 10.8. The number of hydrogen-bond donors (Lipinski definition) is 2. The summed E-state index contributed by atoms with van der Waals surface area (Å²) in [5, 5.41) is 0.103. The van der Waals surface area contributed by atoms with Crippen molar-refractivity contribution >= 4 is 27.5 Å². The van der Waals surface area contributed by atoms with E-state index in [1.54, 1.807) is 31.4 Å². The van der Waals surface area contributed by atoms with Crippen LogP contribution in [0.5, 0.6) is 5.75 Å². The molecule has 3 N–H and O–H groups in total. The van der Waals surface area contributed by atoms with Gasteiger partial charge in [0.15, 0.2) is 0 Å². The standard InChI is InChI=1S/C15H15ClN2O4S/c1-22-11-4-2-10(3-5-11)9-18-23(20,21)12-6-7-14(16)13(8-12)15(17)19/h2-8,18H,9H2,1H3,(H2,17,19). The molecule has 122 valence electrons. The fourth-order valence-electron chi connectivity index (χ4n) is 1.87. The van der Waals surface area contributed by atoms with Gasteiger partial charge in [-0.15, -0.1) is 0 Å². The van der Waals surface area contributed by atoms with Crippen molar-refractivity contribution < 1.29 is 17.9 Å². The number of sulfonamides is 1. The van der Waals surface area contributed by atoms with E-state index in [-0.39, 0.29) is 22.0 Å². The fraction of sp³-hybridized carbons (Fsp3) is 0.133. The minimum Gasteiger partial charge on any atom is -0.497 e. The molecular formula is C15H15ClN2O4S. The second-order valence-corrected chi connectivity index (χ2v) is 6.85. The lowest BCUT2D eigenvalue weighted by Gasteiger charge is -2.09. The number of benzene rings is 2. The molecule has 6 nitrogen and oxygen atoms in total. The zero-order chi connectivity index (χ0) is 17.0. The predicted octanol–water partition coefficient (Wildman–Crippen LogP) is 1.93. The van der Waals surface area contributed by atoms with Gasteiger partial charge < -0.3 is 10.5 Å². The maximum atomic E-state index is 12.3. The Morgan fingerprint density at radius 2 is 1.87 bits per heavy atom. The number of nitrogens with two attached hydrogens (primary N) is 1. The summed E-state index contributed by atoms with van der Waals surface area (Å²) in [6.45, 7) is 0.0981. The summed E-state index contributed by atoms with van der Waals surface area (Å²) < 4.78 is 32.1. The van der Waals surface area contributed by atoms with Gasteiger partial charge in [-0.2, -0.15) is 0 Å². The second kappa shape index (κ2) is 6.99. The van der Waals surface area contributed by atoms with Crippen molar-refractivity contribution in [2.45, 2.75) is 11.4 Å². The van der Waals surface area contributed by atoms with E-state index in [1.807, 2.05) is 0 Å². The molecule has 0 aliphatic heterocycles. The van der Waals surface area contributed by atoms with Gasteiger partial charge in [0.05, 0.1) is 22.6 Å². The van der Waals surface area contributed by atoms with Crippen molar-refractivity contribution in [1.29, 1.82) is 0 Å². The molecular weight excluding hydrogens is 340 g/mol. The van der Waals surface area contributed by atoms with Crippen LogP contribution in [0.2, 0.25) is 5.02 Å². The third kappa shape index (κ3) is 4.22. The molecule has 0 radical (unpaired) electrons. The SMILES string of the molecule is COc1ccc(CNS(=O)(=O)c2ccc(Cl)c(C(N)=O)c2)cc1. The number of primary amides is 1. The van der Waals surface area contributed by atoms with Crippen LogP contribution in [-0.4, -0.2) is 21.4 Å². The summed E-state index contributed by atoms with van der Waals surface area (Å²) in [4.78, 5) is 11.2. The summed E-state index contributed by atoms with van der Waals surface area (Å²) in [6.07, 6.45) is 0. The van der Waals surface area contributed by atoms with Crippen molar-refractivity contribution in [2.24, 2.45) is 5.73 Å². The van der Waals surface area contributed by atoms with Crippen LogP contribution in [0.1, 0.15) is 15.9 Å². The van der Waals surface area contributed by atoms with E-state index < -0.39 is 15.9 Å². The van der Waals surface area contributed by atoms with Gasteiger partial charge in [-0.3, -0.25) is 4.79 Å². The number of carbonyl (C=O) groups excluding carboxylic acids is 1. The van der Waals surface area contributed by atoms with E-state index in [0.717, 1.165) is 11.6 Å². The Morgan fingerprint density at radius 1 is 1.22 bits per heavy atom. The molecule has 0 aliphatic carbocycles. The van der Waals surface area contributed by atoms with E-state index in [9.17, 15) is 13.2 Å². The summed E-state index contributed by atoms with van der Waals surface area (Å²) in [7, 11) is -2.24. The molecule has 0 aliphatic rings. The molecule has 2 rings (SSSR count). The van der Waals surface area contributed by atoms with E-state index in [2.05, 4.69) is 4.72 Å². The highest BCUT2D eigenvalue weighted by Gasteiger charge is 2.17. The van der Waals surface area contributed by atoms with Crippen molar-refractivity contribution in [3.8, 4) is 5.75 Å². The highest BCUT2D eigenvalue weighted by Crippen LogP contribution is 2.20. The average molecular weight is 355 g/mol. The Kier molecular flexibility index (Phi) is 5.25. The number of hydrogen-bond acceptors (Lipinski definition) is 4. The normalized spacial score (nSPS) is 11.2. The van der Waals surface area contributed by atoms with Gasteiger partial charge in [-0.25, -0.2) is 13.1 Å². The number of ether oxygens (including phenoxy) is 1. The van der Waals surface area contributed by atoms with Crippen LogP contribution < -0.4 is 15.2 Å². The summed E-state index contributed by atoms with van der Waals surface area (Å²) >= 11 is 5.81. The maximum Gasteiger partial charge on any atom is 0.250 e. The molecule has 0 saturated heterocycles. The van der Waals surface area contributed by atoms with Crippen molar-refractivity contribution in [2.75, 3.05) is 7.11 Å². The van der Waals surface area contributed by atoms with Gasteiger partial charge in [0.25, 0.3) is 0 Å². The smallest absolute Gasteiger partial charge is 0.250 e. The summed E-state index contributed by atoms with van der Waals surface area (Å²) in [5.74, 6) is -0.109. The topological polar surface area (TPSA) is 98.5 Å². The molecule has 0 heterocycles. The van der Waals surface area contributed by atoms with E-state index in [0.29, 0.717) is 5.75 Å². The minimum atomic E-state index is -3.79. The number of carbonyl (C=O) groups is 1. The summed E-state index contributed by atoms with van der Waals surface area (Å²) in [5.41, 5.74) is 5.89. The van der Waals surface area contributed by atoms with Crippen molar-refractivity contribution in [3.05, 3.63) is 58.6 Å². The van der Waals surface area contributed by atoms with Crippen LogP contribution in [0.15, 0.2) is 47.4 Å². The van der Waals surface area contributed by atoms with Crippen molar-refractivity contribution in [3.63, 3.8) is 0 Å². The number of rotatable bonds is 6. The van der Waals surface area contributed by atoms with Crippen molar-refractivity contribution in [1.82, 2.24) is 4.72 Å². The van der Waals surface area contributed by atoms with Gasteiger partial charge in [-0.1, -0.05) is 23.7 Å². The molecule has 0 spiro atoms.